The molecule has 0 bridgehead atoms. The van der Waals surface area contributed by atoms with Crippen molar-refractivity contribution in [3.05, 3.63) is 65.9 Å². The summed E-state index contributed by atoms with van der Waals surface area (Å²) in [6.45, 7) is 6.64. The standard InChI is InChI=1S/C27H32N2O5/c1-5-32-25-12-7-6-9-20(25)17-29-24(19-10-8-11-23(15-19)34-22-13-14-22)16-21(28-29)18-33-27(2,3)26(30)31-4/h6-12,15-16,22H,5,13-14,17-18H2,1-4H3. The molecule has 0 amide bonds. The SMILES string of the molecule is CCOc1ccccc1Cn1nc(COC(C)(C)C(=O)OC)cc1-c1cccc(OC2CC2)c1. The Balaban J connectivity index is 1.65. The summed E-state index contributed by atoms with van der Waals surface area (Å²) < 4.78 is 24.5. The van der Waals surface area contributed by atoms with Gasteiger partial charge in [0.1, 0.15) is 11.5 Å². The lowest BCUT2D eigenvalue weighted by Crippen LogP contribution is -2.35. The summed E-state index contributed by atoms with van der Waals surface area (Å²) >= 11 is 0. The van der Waals surface area contributed by atoms with Gasteiger partial charge in [-0.3, -0.25) is 4.68 Å². The van der Waals surface area contributed by atoms with E-state index in [-0.39, 0.29) is 6.61 Å². The van der Waals surface area contributed by atoms with Gasteiger partial charge in [0, 0.05) is 11.1 Å². The third kappa shape index (κ3) is 5.78. The van der Waals surface area contributed by atoms with Gasteiger partial charge in [-0.1, -0.05) is 30.3 Å². The van der Waals surface area contributed by atoms with Gasteiger partial charge in [0.15, 0.2) is 5.60 Å². The van der Waals surface area contributed by atoms with E-state index in [1.807, 2.05) is 66.2 Å². The highest BCUT2D eigenvalue weighted by atomic mass is 16.6. The lowest BCUT2D eigenvalue weighted by atomic mass is 10.1. The number of para-hydroxylation sites is 1. The van der Waals surface area contributed by atoms with Gasteiger partial charge in [-0.05, 0) is 57.9 Å². The normalized spacial score (nSPS) is 13.5. The Bertz CT molecular complexity index is 1130. The zero-order chi connectivity index (χ0) is 24.1. The van der Waals surface area contributed by atoms with Crippen LogP contribution in [0.1, 0.15) is 44.9 Å². The van der Waals surface area contributed by atoms with Crippen molar-refractivity contribution in [1.82, 2.24) is 9.78 Å². The minimum atomic E-state index is -1.07. The number of nitrogens with zero attached hydrogens (tertiary/aromatic N) is 2. The molecular weight excluding hydrogens is 432 g/mol. The number of benzene rings is 2. The first-order valence-electron chi connectivity index (χ1n) is 11.7. The maximum atomic E-state index is 12.0. The van der Waals surface area contributed by atoms with Crippen LogP contribution in [-0.4, -0.2) is 41.2 Å². The van der Waals surface area contributed by atoms with Crippen LogP contribution in [-0.2, 0) is 27.4 Å². The molecule has 0 saturated heterocycles. The first-order valence-corrected chi connectivity index (χ1v) is 11.7. The van der Waals surface area contributed by atoms with Crippen molar-refractivity contribution in [2.45, 2.75) is 58.5 Å². The van der Waals surface area contributed by atoms with Gasteiger partial charge in [-0.2, -0.15) is 5.10 Å². The summed E-state index contributed by atoms with van der Waals surface area (Å²) in [5.74, 6) is 1.26. The average Bonchev–Trinajstić information content (AvgIpc) is 3.56. The maximum Gasteiger partial charge on any atom is 0.337 e. The van der Waals surface area contributed by atoms with Crippen LogP contribution >= 0.6 is 0 Å². The number of ether oxygens (including phenoxy) is 4. The topological polar surface area (TPSA) is 71.8 Å². The zero-order valence-corrected chi connectivity index (χ0v) is 20.2. The molecule has 34 heavy (non-hydrogen) atoms. The number of carbonyl (C=O) groups excluding carboxylic acids is 1. The fourth-order valence-electron chi connectivity index (χ4n) is 3.65. The van der Waals surface area contributed by atoms with Crippen molar-refractivity contribution < 1.29 is 23.7 Å². The molecule has 2 aromatic carbocycles. The minimum Gasteiger partial charge on any atom is -0.494 e. The fourth-order valence-corrected chi connectivity index (χ4v) is 3.65. The van der Waals surface area contributed by atoms with Crippen LogP contribution in [0.4, 0.5) is 0 Å². The third-order valence-electron chi connectivity index (χ3n) is 5.64. The van der Waals surface area contributed by atoms with E-state index in [0.29, 0.717) is 19.3 Å². The lowest BCUT2D eigenvalue weighted by Gasteiger charge is -2.21. The van der Waals surface area contributed by atoms with Crippen LogP contribution in [0, 0.1) is 0 Å². The van der Waals surface area contributed by atoms with E-state index in [0.717, 1.165) is 46.9 Å². The second-order valence-corrected chi connectivity index (χ2v) is 8.85. The van der Waals surface area contributed by atoms with Gasteiger partial charge >= 0.3 is 5.97 Å². The summed E-state index contributed by atoms with van der Waals surface area (Å²) in [6.07, 6.45) is 2.53. The summed E-state index contributed by atoms with van der Waals surface area (Å²) in [7, 11) is 1.35. The first kappa shape index (κ1) is 23.8. The molecule has 0 spiro atoms. The van der Waals surface area contributed by atoms with Gasteiger partial charge in [-0.25, -0.2) is 4.79 Å². The number of hydrogen-bond donors (Lipinski definition) is 0. The highest BCUT2D eigenvalue weighted by Gasteiger charge is 2.30. The molecule has 0 N–H and O–H groups in total. The molecule has 0 atom stereocenters. The van der Waals surface area contributed by atoms with Crippen LogP contribution in [0.5, 0.6) is 11.5 Å². The Labute approximate surface area is 200 Å². The van der Waals surface area contributed by atoms with Crippen LogP contribution in [0.25, 0.3) is 11.3 Å². The van der Waals surface area contributed by atoms with Crippen LogP contribution < -0.4 is 9.47 Å². The molecule has 0 unspecified atom stereocenters. The van der Waals surface area contributed by atoms with Gasteiger partial charge in [0.2, 0.25) is 0 Å². The van der Waals surface area contributed by atoms with Gasteiger partial charge in [-0.15, -0.1) is 0 Å². The van der Waals surface area contributed by atoms with E-state index in [9.17, 15) is 4.79 Å². The largest absolute Gasteiger partial charge is 0.494 e. The highest BCUT2D eigenvalue weighted by Crippen LogP contribution is 2.31. The number of hydrogen-bond acceptors (Lipinski definition) is 6. The molecule has 3 aromatic rings. The Morgan fingerprint density at radius 3 is 2.65 bits per heavy atom. The van der Waals surface area contributed by atoms with Crippen molar-refractivity contribution in [3.63, 3.8) is 0 Å². The molecule has 7 nitrogen and oxygen atoms in total. The molecule has 1 saturated carbocycles. The van der Waals surface area contributed by atoms with Crippen molar-refractivity contribution in [2.75, 3.05) is 13.7 Å². The average molecular weight is 465 g/mol. The number of carbonyl (C=O) groups is 1. The molecule has 4 rings (SSSR count). The highest BCUT2D eigenvalue weighted by molar-refractivity contribution is 5.78. The smallest absolute Gasteiger partial charge is 0.337 e. The molecule has 7 heteroatoms. The maximum absolute atomic E-state index is 12.0. The van der Waals surface area contributed by atoms with Crippen molar-refractivity contribution in [3.8, 4) is 22.8 Å². The fraction of sp³-hybridized carbons (Fsp3) is 0.407. The Morgan fingerprint density at radius 1 is 1.12 bits per heavy atom. The van der Waals surface area contributed by atoms with Crippen LogP contribution in [0.2, 0.25) is 0 Å². The van der Waals surface area contributed by atoms with E-state index in [4.69, 9.17) is 24.0 Å². The molecule has 1 fully saturated rings. The van der Waals surface area contributed by atoms with Gasteiger partial charge < -0.3 is 18.9 Å². The third-order valence-corrected chi connectivity index (χ3v) is 5.64. The summed E-state index contributed by atoms with van der Waals surface area (Å²) in [6, 6.07) is 18.0. The number of rotatable bonds is 11. The minimum absolute atomic E-state index is 0.174. The van der Waals surface area contributed by atoms with Crippen LogP contribution in [0.15, 0.2) is 54.6 Å². The number of esters is 1. The predicted molar refractivity (Wildman–Crippen MR) is 129 cm³/mol. The number of methoxy groups -OCH3 is 1. The molecule has 0 aliphatic heterocycles. The van der Waals surface area contributed by atoms with Crippen molar-refractivity contribution in [2.24, 2.45) is 0 Å². The van der Waals surface area contributed by atoms with Crippen molar-refractivity contribution in [1.29, 1.82) is 0 Å². The zero-order valence-electron chi connectivity index (χ0n) is 20.2. The van der Waals surface area contributed by atoms with Gasteiger partial charge in [0.25, 0.3) is 0 Å². The lowest BCUT2D eigenvalue weighted by molar-refractivity contribution is -0.166. The van der Waals surface area contributed by atoms with E-state index in [1.165, 1.54) is 7.11 Å². The summed E-state index contributed by atoms with van der Waals surface area (Å²) in [5.41, 5.74) is 2.61. The first-order chi connectivity index (χ1) is 16.4. The molecule has 1 aliphatic carbocycles. The summed E-state index contributed by atoms with van der Waals surface area (Å²) in [4.78, 5) is 12.0. The predicted octanol–water partition coefficient (Wildman–Crippen LogP) is 5.01. The molecule has 180 valence electrons. The van der Waals surface area contributed by atoms with Gasteiger partial charge in [0.05, 0.1) is 44.4 Å². The number of aromatic nitrogens is 2. The second-order valence-electron chi connectivity index (χ2n) is 8.85. The molecule has 1 aromatic heterocycles. The Hall–Kier alpha value is -3.32. The summed E-state index contributed by atoms with van der Waals surface area (Å²) in [5, 5.41) is 4.82. The molecule has 1 aliphatic rings. The van der Waals surface area contributed by atoms with Crippen LogP contribution in [0.3, 0.4) is 0 Å². The Kier molecular flexibility index (Phi) is 7.22. The van der Waals surface area contributed by atoms with Crippen molar-refractivity contribution >= 4 is 5.97 Å². The Morgan fingerprint density at radius 2 is 1.91 bits per heavy atom. The van der Waals surface area contributed by atoms with E-state index in [2.05, 4.69) is 0 Å². The molecule has 1 heterocycles. The van der Waals surface area contributed by atoms with E-state index < -0.39 is 11.6 Å². The second kappa shape index (κ2) is 10.3. The van der Waals surface area contributed by atoms with E-state index in [1.54, 1.807) is 13.8 Å². The quantitative estimate of drug-likeness (QED) is 0.372. The monoisotopic (exact) mass is 464 g/mol. The van der Waals surface area contributed by atoms with E-state index >= 15 is 0 Å². The molecular formula is C27H32N2O5. The molecule has 0 radical (unpaired) electrons.